The average molecular weight is 200 g/mol. The Labute approximate surface area is 89.1 Å². The van der Waals surface area contributed by atoms with Crippen LogP contribution in [0.3, 0.4) is 0 Å². The van der Waals surface area contributed by atoms with E-state index in [0.29, 0.717) is 17.3 Å². The number of nitrogens with zero attached hydrogens (tertiary/aromatic N) is 2. The van der Waals surface area contributed by atoms with Crippen LogP contribution in [0.15, 0.2) is 28.8 Å². The molecular weight excluding hydrogens is 188 g/mol. The molecule has 2 rings (SSSR count). The van der Waals surface area contributed by atoms with Crippen LogP contribution in [0.1, 0.15) is 31.2 Å². The molecule has 0 aliphatic carbocycles. The molecule has 0 aliphatic rings. The summed E-state index contributed by atoms with van der Waals surface area (Å²) in [4.78, 5) is 4.29. The van der Waals surface area contributed by atoms with Crippen molar-refractivity contribution in [1.82, 2.24) is 10.1 Å². The van der Waals surface area contributed by atoms with Gasteiger partial charge in [0.1, 0.15) is 0 Å². The first-order chi connectivity index (χ1) is 7.16. The topological polar surface area (TPSA) is 38.9 Å². The molecule has 0 spiro atoms. The van der Waals surface area contributed by atoms with Crippen LogP contribution in [0.25, 0.3) is 11.4 Å². The molecular formula is C12H12N2O. The molecule has 1 heterocycles. The van der Waals surface area contributed by atoms with E-state index < -0.39 is 0 Å². The van der Waals surface area contributed by atoms with Gasteiger partial charge in [0.2, 0.25) is 11.7 Å². The zero-order valence-corrected chi connectivity index (χ0v) is 8.77. The molecule has 2 radical (unpaired) electrons. The summed E-state index contributed by atoms with van der Waals surface area (Å²) in [5, 5.41) is 3.91. The predicted molar refractivity (Wildman–Crippen MR) is 57.2 cm³/mol. The maximum Gasteiger partial charge on any atom is 0.229 e. The van der Waals surface area contributed by atoms with Gasteiger partial charge in [-0.05, 0) is 18.6 Å². The Morgan fingerprint density at radius 2 is 2.13 bits per heavy atom. The van der Waals surface area contributed by atoms with Crippen molar-refractivity contribution in [3.8, 4) is 11.4 Å². The van der Waals surface area contributed by atoms with Gasteiger partial charge in [-0.15, -0.1) is 0 Å². The lowest BCUT2D eigenvalue weighted by Crippen LogP contribution is -1.87. The summed E-state index contributed by atoms with van der Waals surface area (Å²) >= 11 is 0. The van der Waals surface area contributed by atoms with Gasteiger partial charge >= 0.3 is 0 Å². The van der Waals surface area contributed by atoms with E-state index in [0.717, 1.165) is 5.56 Å². The highest BCUT2D eigenvalue weighted by Gasteiger charge is 2.10. The molecule has 2 aromatic rings. The zero-order valence-electron chi connectivity index (χ0n) is 8.77. The Bertz CT molecular complexity index is 460. The van der Waals surface area contributed by atoms with Crippen molar-refractivity contribution in [2.75, 3.05) is 0 Å². The van der Waals surface area contributed by atoms with Gasteiger partial charge in [-0.2, -0.15) is 4.98 Å². The summed E-state index contributed by atoms with van der Waals surface area (Å²) in [6.07, 6.45) is 0. The lowest BCUT2D eigenvalue weighted by molar-refractivity contribution is 0.365. The highest BCUT2D eigenvalue weighted by Crippen LogP contribution is 2.19. The third-order valence-corrected chi connectivity index (χ3v) is 2.08. The first-order valence-electron chi connectivity index (χ1n) is 4.86. The number of aromatic nitrogens is 2. The van der Waals surface area contributed by atoms with Gasteiger partial charge in [0.25, 0.3) is 0 Å². The number of rotatable bonds is 2. The first kappa shape index (κ1) is 9.90. The normalized spacial score (nSPS) is 10.9. The van der Waals surface area contributed by atoms with Gasteiger partial charge in [0.15, 0.2) is 0 Å². The molecule has 1 aromatic carbocycles. The van der Waals surface area contributed by atoms with E-state index in [2.05, 4.69) is 10.1 Å². The van der Waals surface area contributed by atoms with Crippen LogP contribution >= 0.6 is 0 Å². The first-order valence-corrected chi connectivity index (χ1v) is 4.86. The summed E-state index contributed by atoms with van der Waals surface area (Å²) in [5.74, 6) is 1.48. The molecule has 76 valence electrons. The summed E-state index contributed by atoms with van der Waals surface area (Å²) in [5.41, 5.74) is 1.58. The quantitative estimate of drug-likeness (QED) is 0.748. The maximum absolute atomic E-state index is 5.68. The Hall–Kier alpha value is -1.64. The largest absolute Gasteiger partial charge is 0.339 e. The summed E-state index contributed by atoms with van der Waals surface area (Å²) in [6, 6.07) is 7.43. The van der Waals surface area contributed by atoms with E-state index in [1.54, 1.807) is 0 Å². The predicted octanol–water partition coefficient (Wildman–Crippen LogP) is 2.92. The smallest absolute Gasteiger partial charge is 0.229 e. The molecule has 0 atom stereocenters. The van der Waals surface area contributed by atoms with E-state index in [9.17, 15) is 0 Å². The lowest BCUT2D eigenvalue weighted by atomic mass is 10.1. The summed E-state index contributed by atoms with van der Waals surface area (Å²) in [7, 11) is 0. The molecule has 0 fully saturated rings. The number of hydrogen-bond donors (Lipinski definition) is 0. The van der Waals surface area contributed by atoms with Crippen molar-refractivity contribution in [2.45, 2.75) is 19.8 Å². The molecule has 0 saturated heterocycles. The van der Waals surface area contributed by atoms with Gasteiger partial charge in [-0.25, -0.2) is 0 Å². The van der Waals surface area contributed by atoms with Crippen LogP contribution in [0.2, 0.25) is 0 Å². The molecule has 0 unspecified atom stereocenters. The average Bonchev–Trinajstić information content (AvgIpc) is 2.66. The molecule has 0 N–H and O–H groups in total. The highest BCUT2D eigenvalue weighted by molar-refractivity contribution is 5.55. The van der Waals surface area contributed by atoms with E-state index >= 15 is 0 Å². The van der Waals surface area contributed by atoms with Crippen molar-refractivity contribution in [3.05, 3.63) is 42.6 Å². The second-order valence-corrected chi connectivity index (χ2v) is 3.74. The summed E-state index contributed by atoms with van der Waals surface area (Å²) < 4.78 is 5.12. The molecule has 0 saturated carbocycles. The third kappa shape index (κ3) is 2.06. The van der Waals surface area contributed by atoms with Crippen LogP contribution < -0.4 is 0 Å². The van der Waals surface area contributed by atoms with Crippen molar-refractivity contribution in [1.29, 1.82) is 0 Å². The molecule has 0 amide bonds. The van der Waals surface area contributed by atoms with Crippen molar-refractivity contribution >= 4 is 0 Å². The minimum Gasteiger partial charge on any atom is -0.339 e. The molecule has 15 heavy (non-hydrogen) atoms. The SMILES string of the molecule is [CH]c1cccc(-c2noc(C(C)C)n2)c1. The maximum atomic E-state index is 5.68. The van der Waals surface area contributed by atoms with Crippen molar-refractivity contribution in [3.63, 3.8) is 0 Å². The van der Waals surface area contributed by atoms with Crippen molar-refractivity contribution < 1.29 is 4.52 Å². The van der Waals surface area contributed by atoms with E-state index in [1.165, 1.54) is 0 Å². The van der Waals surface area contributed by atoms with Crippen LogP contribution in [0.4, 0.5) is 0 Å². The third-order valence-electron chi connectivity index (χ3n) is 2.08. The standard InChI is InChI=1S/C12H12N2O/c1-8(2)12-13-11(14-15-12)10-6-4-5-9(3)7-10/h3-8H,1-2H3. The molecule has 1 aromatic heterocycles. The van der Waals surface area contributed by atoms with Gasteiger partial charge in [-0.1, -0.05) is 37.2 Å². The fourth-order valence-corrected chi connectivity index (χ4v) is 1.26. The van der Waals surface area contributed by atoms with Crippen molar-refractivity contribution in [2.24, 2.45) is 0 Å². The zero-order chi connectivity index (χ0) is 10.8. The van der Waals surface area contributed by atoms with Gasteiger partial charge in [0.05, 0.1) is 0 Å². The van der Waals surface area contributed by atoms with Crippen LogP contribution in [-0.4, -0.2) is 10.1 Å². The van der Waals surface area contributed by atoms with Gasteiger partial charge in [-0.3, -0.25) is 0 Å². The molecule has 3 heteroatoms. The molecule has 0 aliphatic heterocycles. The molecule has 3 nitrogen and oxygen atoms in total. The second-order valence-electron chi connectivity index (χ2n) is 3.74. The van der Waals surface area contributed by atoms with Crippen LogP contribution in [0.5, 0.6) is 0 Å². The van der Waals surface area contributed by atoms with E-state index in [-0.39, 0.29) is 5.92 Å². The Kier molecular flexibility index (Phi) is 2.54. The Balaban J connectivity index is 2.37. The summed E-state index contributed by atoms with van der Waals surface area (Å²) in [6.45, 7) is 9.70. The Morgan fingerprint density at radius 1 is 1.33 bits per heavy atom. The van der Waals surface area contributed by atoms with Gasteiger partial charge < -0.3 is 4.52 Å². The number of benzene rings is 1. The minimum absolute atomic E-state index is 0.243. The lowest BCUT2D eigenvalue weighted by Gasteiger charge is -1.95. The van der Waals surface area contributed by atoms with Crippen LogP contribution in [0, 0.1) is 6.92 Å². The Morgan fingerprint density at radius 3 is 2.73 bits per heavy atom. The minimum atomic E-state index is 0.243. The number of hydrogen-bond acceptors (Lipinski definition) is 3. The fraction of sp³-hybridized carbons (Fsp3) is 0.250. The van der Waals surface area contributed by atoms with E-state index in [4.69, 9.17) is 11.4 Å². The van der Waals surface area contributed by atoms with Crippen LogP contribution in [-0.2, 0) is 0 Å². The van der Waals surface area contributed by atoms with Gasteiger partial charge in [0, 0.05) is 11.5 Å². The van der Waals surface area contributed by atoms with E-state index in [1.807, 2.05) is 38.1 Å². The second kappa shape index (κ2) is 3.85. The monoisotopic (exact) mass is 200 g/mol. The molecule has 0 bridgehead atoms. The fourth-order valence-electron chi connectivity index (χ4n) is 1.26. The highest BCUT2D eigenvalue weighted by atomic mass is 16.5.